The third-order valence-electron chi connectivity index (χ3n) is 12.4. The van der Waals surface area contributed by atoms with Crippen molar-refractivity contribution >= 4 is 20.8 Å². The van der Waals surface area contributed by atoms with Crippen molar-refractivity contribution in [1.29, 1.82) is 0 Å². The zero-order valence-electron chi connectivity index (χ0n) is 24.9. The van der Waals surface area contributed by atoms with Gasteiger partial charge >= 0.3 is 20.8 Å². The maximum absolute atomic E-state index is 11.7. The zero-order valence-corrected chi connectivity index (χ0v) is 26.6. The van der Waals surface area contributed by atoms with Gasteiger partial charge in [0.1, 0.15) is 12.2 Å². The summed E-state index contributed by atoms with van der Waals surface area (Å²) in [6, 6.07) is 0. The van der Waals surface area contributed by atoms with Crippen molar-refractivity contribution in [3.8, 4) is 0 Å². The molecule has 0 spiro atoms. The third kappa shape index (κ3) is 6.56. The SMILES string of the molecule is CC(CC[C@@H](C)[C@H]1CC[C@H]2[C@@H]3CC[C@H]4C[C@H](OS(=O)(=O)O)[C@@H](OS(=O)(=O)O)C[C@]4(C)[C@H]3CC[C@]12C)C(C)(C)C. The Bertz CT molecular complexity index is 1100. The molecular formula is C29H52O8S2. The summed E-state index contributed by atoms with van der Waals surface area (Å²) in [7, 11) is -9.63. The van der Waals surface area contributed by atoms with E-state index in [1.807, 2.05) is 0 Å². The number of hydrogen-bond acceptors (Lipinski definition) is 6. The molecule has 0 radical (unpaired) electrons. The number of fused-ring (bicyclic) bond motifs is 5. The van der Waals surface area contributed by atoms with Gasteiger partial charge in [-0.05, 0) is 115 Å². The summed E-state index contributed by atoms with van der Waals surface area (Å²) in [4.78, 5) is 0. The quantitative estimate of drug-likeness (QED) is 0.297. The molecule has 0 aliphatic heterocycles. The third-order valence-corrected chi connectivity index (χ3v) is 13.4. The topological polar surface area (TPSA) is 127 Å². The first kappa shape index (κ1) is 31.7. The second kappa shape index (κ2) is 10.8. The van der Waals surface area contributed by atoms with E-state index < -0.39 is 33.0 Å². The summed E-state index contributed by atoms with van der Waals surface area (Å²) in [6.45, 7) is 16.6. The van der Waals surface area contributed by atoms with Crippen LogP contribution in [0.25, 0.3) is 0 Å². The minimum absolute atomic E-state index is 0.131. The van der Waals surface area contributed by atoms with Crippen LogP contribution in [0.15, 0.2) is 0 Å². The molecule has 0 amide bonds. The second-order valence-corrected chi connectivity index (χ2v) is 17.4. The Morgan fingerprint density at radius 2 is 1.41 bits per heavy atom. The highest BCUT2D eigenvalue weighted by molar-refractivity contribution is 7.81. The van der Waals surface area contributed by atoms with E-state index in [0.717, 1.165) is 31.6 Å². The minimum atomic E-state index is -4.82. The average Bonchev–Trinajstić information content (AvgIpc) is 3.12. The predicted molar refractivity (Wildman–Crippen MR) is 150 cm³/mol. The van der Waals surface area contributed by atoms with Crippen molar-refractivity contribution in [2.75, 3.05) is 0 Å². The lowest BCUT2D eigenvalue weighted by atomic mass is 9.44. The molecule has 4 aliphatic rings. The van der Waals surface area contributed by atoms with Gasteiger partial charge in [0.15, 0.2) is 0 Å². The molecule has 4 fully saturated rings. The lowest BCUT2D eigenvalue weighted by molar-refractivity contribution is -0.152. The van der Waals surface area contributed by atoms with Crippen LogP contribution >= 0.6 is 0 Å². The molecule has 10 heteroatoms. The Balaban J connectivity index is 1.52. The van der Waals surface area contributed by atoms with Crippen LogP contribution in [0.5, 0.6) is 0 Å². The van der Waals surface area contributed by atoms with Crippen molar-refractivity contribution in [2.24, 2.45) is 57.7 Å². The van der Waals surface area contributed by atoms with Crippen LogP contribution < -0.4 is 0 Å². The van der Waals surface area contributed by atoms with Gasteiger partial charge in [-0.25, -0.2) is 8.37 Å². The first-order valence-electron chi connectivity index (χ1n) is 15.1. The highest BCUT2D eigenvalue weighted by atomic mass is 32.3. The monoisotopic (exact) mass is 592 g/mol. The molecular weight excluding hydrogens is 540 g/mol. The molecule has 2 N–H and O–H groups in total. The standard InChI is InChI=1S/C29H52O8S2/c1-18(8-9-19(2)27(3,4)5)22-12-13-23-21-11-10-20-16-25(36-38(30,31)32)26(37-39(33,34)35)17-29(20,7)24(21)14-15-28(22,23)6/h18-26H,8-17H2,1-7H3,(H,30,31,32)(H,33,34,35)/t18-,19?,20+,21+,22-,23+,24+,25+,26+,28-,29+/m1/s1. The highest BCUT2D eigenvalue weighted by Crippen LogP contribution is 2.68. The molecule has 0 saturated heterocycles. The molecule has 0 aromatic carbocycles. The molecule has 0 bridgehead atoms. The van der Waals surface area contributed by atoms with Crippen molar-refractivity contribution in [3.63, 3.8) is 0 Å². The highest BCUT2D eigenvalue weighted by Gasteiger charge is 2.62. The zero-order chi connectivity index (χ0) is 29.2. The van der Waals surface area contributed by atoms with Crippen molar-refractivity contribution in [2.45, 2.75) is 125 Å². The summed E-state index contributed by atoms with van der Waals surface area (Å²) < 4.78 is 75.0. The van der Waals surface area contributed by atoms with E-state index in [-0.39, 0.29) is 24.2 Å². The molecule has 4 aliphatic carbocycles. The summed E-state index contributed by atoms with van der Waals surface area (Å²) in [6.07, 6.45) is 7.46. The summed E-state index contributed by atoms with van der Waals surface area (Å²) in [5.74, 6) is 3.78. The van der Waals surface area contributed by atoms with Crippen LogP contribution in [0.3, 0.4) is 0 Å². The van der Waals surface area contributed by atoms with E-state index in [0.29, 0.717) is 40.4 Å². The molecule has 4 rings (SSSR count). The van der Waals surface area contributed by atoms with Crippen LogP contribution in [0.4, 0.5) is 0 Å². The van der Waals surface area contributed by atoms with Crippen LogP contribution in [-0.4, -0.2) is 38.1 Å². The van der Waals surface area contributed by atoms with Gasteiger partial charge in [0.05, 0.1) is 0 Å². The lowest BCUT2D eigenvalue weighted by Crippen LogP contribution is -2.57. The fraction of sp³-hybridized carbons (Fsp3) is 1.00. The molecule has 11 atom stereocenters. The van der Waals surface area contributed by atoms with E-state index in [1.54, 1.807) is 0 Å². The Labute approximate surface area is 237 Å². The number of rotatable bonds is 8. The van der Waals surface area contributed by atoms with Gasteiger partial charge < -0.3 is 0 Å². The molecule has 4 saturated carbocycles. The number of hydrogen-bond donors (Lipinski definition) is 2. The molecule has 0 heterocycles. The van der Waals surface area contributed by atoms with Crippen LogP contribution in [0.1, 0.15) is 113 Å². The van der Waals surface area contributed by atoms with Gasteiger partial charge in [0, 0.05) is 0 Å². The van der Waals surface area contributed by atoms with Crippen LogP contribution in [0.2, 0.25) is 0 Å². The van der Waals surface area contributed by atoms with E-state index in [9.17, 15) is 25.9 Å². The van der Waals surface area contributed by atoms with Crippen LogP contribution in [0, 0.1) is 57.7 Å². The molecule has 8 nitrogen and oxygen atoms in total. The smallest absolute Gasteiger partial charge is 0.264 e. The first-order valence-corrected chi connectivity index (χ1v) is 17.8. The summed E-state index contributed by atoms with van der Waals surface area (Å²) in [5.41, 5.74) is 0.380. The average molecular weight is 593 g/mol. The lowest BCUT2D eigenvalue weighted by Gasteiger charge is -2.62. The van der Waals surface area contributed by atoms with Crippen molar-refractivity contribution in [3.05, 3.63) is 0 Å². The van der Waals surface area contributed by atoms with Gasteiger partial charge in [0.2, 0.25) is 0 Å². The van der Waals surface area contributed by atoms with Crippen LogP contribution in [-0.2, 0) is 29.2 Å². The minimum Gasteiger partial charge on any atom is -0.264 e. The largest absolute Gasteiger partial charge is 0.397 e. The van der Waals surface area contributed by atoms with E-state index in [2.05, 4.69) is 48.5 Å². The fourth-order valence-electron chi connectivity index (χ4n) is 9.87. The molecule has 0 aromatic heterocycles. The van der Waals surface area contributed by atoms with E-state index >= 15 is 0 Å². The second-order valence-electron chi connectivity index (χ2n) is 15.3. The first-order chi connectivity index (χ1) is 17.7. The van der Waals surface area contributed by atoms with Gasteiger partial charge in [-0.3, -0.25) is 9.11 Å². The van der Waals surface area contributed by atoms with Crippen molar-refractivity contribution < 1.29 is 34.3 Å². The normalized spacial score (nSPS) is 42.7. The summed E-state index contributed by atoms with van der Waals surface area (Å²) in [5, 5.41) is 0. The van der Waals surface area contributed by atoms with E-state index in [4.69, 9.17) is 8.37 Å². The van der Waals surface area contributed by atoms with Gasteiger partial charge in [-0.2, -0.15) is 16.8 Å². The molecule has 39 heavy (non-hydrogen) atoms. The van der Waals surface area contributed by atoms with Gasteiger partial charge in [0.25, 0.3) is 0 Å². The Kier molecular flexibility index (Phi) is 8.75. The molecule has 0 aromatic rings. The van der Waals surface area contributed by atoms with Gasteiger partial charge in [-0.15, -0.1) is 0 Å². The van der Waals surface area contributed by atoms with Crippen molar-refractivity contribution in [1.82, 2.24) is 0 Å². The Morgan fingerprint density at radius 1 is 0.821 bits per heavy atom. The van der Waals surface area contributed by atoms with E-state index in [1.165, 1.54) is 25.7 Å². The predicted octanol–water partition coefficient (Wildman–Crippen LogP) is 6.73. The summed E-state index contributed by atoms with van der Waals surface area (Å²) >= 11 is 0. The Morgan fingerprint density at radius 3 is 2.00 bits per heavy atom. The molecule has 1 unspecified atom stereocenters. The maximum atomic E-state index is 11.7. The Hall–Kier alpha value is -0.260. The maximum Gasteiger partial charge on any atom is 0.397 e. The van der Waals surface area contributed by atoms with Gasteiger partial charge in [-0.1, -0.05) is 54.9 Å². The molecule has 228 valence electrons. The fourth-order valence-corrected chi connectivity index (χ4v) is 10.9.